The lowest BCUT2D eigenvalue weighted by Crippen LogP contribution is -2.09. The number of imidazole rings is 1. The van der Waals surface area contributed by atoms with Crippen LogP contribution in [0.25, 0.3) is 11.2 Å². The lowest BCUT2D eigenvalue weighted by molar-refractivity contribution is 0.0919. The van der Waals surface area contributed by atoms with Crippen LogP contribution in [-0.4, -0.2) is 50.6 Å². The standard InChI is InChI=1S/C11H17BrN4OS/c1-18(2,3)5-4-17-8-16-7-15-9-10(12)13-6-14-11(9)16/h6-7H,4-5,8H2,1-3H3. The maximum Gasteiger partial charge on any atom is 0.166 e. The topological polar surface area (TPSA) is 52.8 Å². The maximum atomic E-state index is 5.67. The molecule has 0 unspecified atom stereocenters. The summed E-state index contributed by atoms with van der Waals surface area (Å²) in [5.74, 6) is 1.11. The van der Waals surface area contributed by atoms with Gasteiger partial charge in [-0.3, -0.25) is 4.57 Å². The zero-order valence-electron chi connectivity index (χ0n) is 10.8. The second-order valence-electron chi connectivity index (χ2n) is 4.88. The lowest BCUT2D eigenvalue weighted by Gasteiger charge is -2.24. The zero-order valence-corrected chi connectivity index (χ0v) is 13.2. The van der Waals surface area contributed by atoms with Crippen LogP contribution in [0.3, 0.4) is 0 Å². The van der Waals surface area contributed by atoms with Crippen molar-refractivity contribution in [3.8, 4) is 0 Å². The highest BCUT2D eigenvalue weighted by Gasteiger charge is 2.08. The summed E-state index contributed by atoms with van der Waals surface area (Å²) in [7, 11) is -0.497. The van der Waals surface area contributed by atoms with Crippen molar-refractivity contribution in [1.29, 1.82) is 0 Å². The van der Waals surface area contributed by atoms with E-state index in [1.165, 1.54) is 6.33 Å². The van der Waals surface area contributed by atoms with Crippen LogP contribution in [0.15, 0.2) is 17.3 Å². The summed E-state index contributed by atoms with van der Waals surface area (Å²) in [6.45, 7) is 1.25. The van der Waals surface area contributed by atoms with Crippen molar-refractivity contribution >= 4 is 37.1 Å². The predicted molar refractivity (Wildman–Crippen MR) is 79.2 cm³/mol. The number of rotatable bonds is 5. The minimum atomic E-state index is -0.497. The van der Waals surface area contributed by atoms with Crippen molar-refractivity contribution in [2.45, 2.75) is 6.73 Å². The molecular weight excluding hydrogens is 316 g/mol. The van der Waals surface area contributed by atoms with E-state index < -0.39 is 10.0 Å². The van der Waals surface area contributed by atoms with E-state index in [-0.39, 0.29) is 0 Å². The molecule has 2 rings (SSSR count). The van der Waals surface area contributed by atoms with Gasteiger partial charge in [0.05, 0.1) is 12.9 Å². The predicted octanol–water partition coefficient (Wildman–Crippen LogP) is 2.26. The third-order valence-electron chi connectivity index (χ3n) is 2.43. The Bertz CT molecular complexity index is 537. The lowest BCUT2D eigenvalue weighted by atomic mass is 10.6. The Balaban J connectivity index is 1.98. The molecule has 0 radical (unpaired) electrons. The Morgan fingerprint density at radius 1 is 1.28 bits per heavy atom. The van der Waals surface area contributed by atoms with Crippen molar-refractivity contribution in [1.82, 2.24) is 19.5 Å². The Kier molecular flexibility index (Phi) is 4.24. The van der Waals surface area contributed by atoms with Crippen molar-refractivity contribution in [2.24, 2.45) is 0 Å². The summed E-state index contributed by atoms with van der Waals surface area (Å²) in [4.78, 5) is 12.5. The van der Waals surface area contributed by atoms with E-state index >= 15 is 0 Å². The van der Waals surface area contributed by atoms with E-state index in [0.29, 0.717) is 11.3 Å². The Morgan fingerprint density at radius 2 is 2.06 bits per heavy atom. The van der Waals surface area contributed by atoms with Gasteiger partial charge in [-0.05, 0) is 34.7 Å². The van der Waals surface area contributed by atoms with E-state index in [1.54, 1.807) is 6.33 Å². The number of nitrogens with zero attached hydrogens (tertiary/aromatic N) is 4. The molecule has 0 aromatic carbocycles. The Labute approximate surface area is 116 Å². The molecule has 0 saturated carbocycles. The summed E-state index contributed by atoms with van der Waals surface area (Å²) in [6, 6.07) is 0. The molecule has 2 aromatic rings. The molecule has 5 nitrogen and oxygen atoms in total. The molecule has 0 N–H and O–H groups in total. The molecule has 0 bridgehead atoms. The van der Waals surface area contributed by atoms with Crippen molar-refractivity contribution in [2.75, 3.05) is 31.1 Å². The largest absolute Gasteiger partial charge is 0.360 e. The summed E-state index contributed by atoms with van der Waals surface area (Å²) in [5.41, 5.74) is 1.56. The average Bonchev–Trinajstić information content (AvgIpc) is 2.68. The fraction of sp³-hybridized carbons (Fsp3) is 0.545. The first-order valence-electron chi connectivity index (χ1n) is 5.52. The van der Waals surface area contributed by atoms with Gasteiger partial charge in [-0.25, -0.2) is 25.0 Å². The quantitative estimate of drug-likeness (QED) is 0.622. The fourth-order valence-corrected chi connectivity index (χ4v) is 2.41. The highest BCUT2D eigenvalue weighted by Crippen LogP contribution is 2.33. The first-order chi connectivity index (χ1) is 8.47. The van der Waals surface area contributed by atoms with Crippen LogP contribution in [0, 0.1) is 0 Å². The summed E-state index contributed by atoms with van der Waals surface area (Å²) >= 11 is 3.35. The van der Waals surface area contributed by atoms with Crippen LogP contribution in [0.1, 0.15) is 0 Å². The molecule has 0 spiro atoms. The van der Waals surface area contributed by atoms with E-state index in [1.807, 2.05) is 4.57 Å². The SMILES string of the molecule is CS(C)(C)CCOCn1cnc2c(Br)ncnc21. The van der Waals surface area contributed by atoms with Crippen molar-refractivity contribution in [3.63, 3.8) is 0 Å². The molecule has 7 heteroatoms. The number of halogens is 1. The molecule has 18 heavy (non-hydrogen) atoms. The van der Waals surface area contributed by atoms with Gasteiger partial charge in [-0.15, -0.1) is 0 Å². The molecule has 0 aliphatic carbocycles. The molecule has 0 saturated heterocycles. The summed E-state index contributed by atoms with van der Waals surface area (Å²) in [6.07, 6.45) is 10.1. The molecular formula is C11H17BrN4OS. The monoisotopic (exact) mass is 332 g/mol. The third kappa shape index (κ3) is 3.43. The van der Waals surface area contributed by atoms with Crippen LogP contribution in [0.4, 0.5) is 0 Å². The number of fused-ring (bicyclic) bond motifs is 1. The molecule has 0 fully saturated rings. The summed E-state index contributed by atoms with van der Waals surface area (Å²) in [5, 5.41) is 0. The van der Waals surface area contributed by atoms with Crippen LogP contribution in [0.5, 0.6) is 0 Å². The normalized spacial score (nSPS) is 13.1. The Morgan fingerprint density at radius 3 is 2.78 bits per heavy atom. The Hall–Kier alpha value is -0.660. The van der Waals surface area contributed by atoms with Crippen LogP contribution < -0.4 is 0 Å². The van der Waals surface area contributed by atoms with Gasteiger partial charge >= 0.3 is 0 Å². The average molecular weight is 333 g/mol. The van der Waals surface area contributed by atoms with E-state index in [0.717, 1.165) is 23.5 Å². The molecule has 0 aliphatic heterocycles. The van der Waals surface area contributed by atoms with Crippen LogP contribution >= 0.6 is 26.0 Å². The van der Waals surface area contributed by atoms with Crippen LogP contribution in [0.2, 0.25) is 0 Å². The van der Waals surface area contributed by atoms with Crippen molar-refractivity contribution in [3.05, 3.63) is 17.3 Å². The minimum absolute atomic E-state index is 0.482. The van der Waals surface area contributed by atoms with Crippen molar-refractivity contribution < 1.29 is 4.74 Å². The minimum Gasteiger partial charge on any atom is -0.360 e. The van der Waals surface area contributed by atoms with Crippen LogP contribution in [-0.2, 0) is 11.5 Å². The fourth-order valence-electron chi connectivity index (χ4n) is 1.42. The van der Waals surface area contributed by atoms with E-state index in [4.69, 9.17) is 4.74 Å². The van der Waals surface area contributed by atoms with E-state index in [2.05, 4.69) is 49.6 Å². The van der Waals surface area contributed by atoms with Gasteiger partial charge < -0.3 is 4.74 Å². The first-order valence-corrected chi connectivity index (χ1v) is 9.34. The molecule has 0 aliphatic rings. The molecule has 100 valence electrons. The third-order valence-corrected chi connectivity index (χ3v) is 4.40. The molecule has 2 aromatic heterocycles. The van der Waals surface area contributed by atoms with Gasteiger partial charge in [0.25, 0.3) is 0 Å². The smallest absolute Gasteiger partial charge is 0.166 e. The second kappa shape index (κ2) is 5.54. The van der Waals surface area contributed by atoms with E-state index in [9.17, 15) is 0 Å². The van der Waals surface area contributed by atoms with Gasteiger partial charge in [0, 0.05) is 5.75 Å². The van der Waals surface area contributed by atoms with Gasteiger partial charge in [0.15, 0.2) is 5.65 Å². The molecule has 0 amide bonds. The number of hydrogen-bond acceptors (Lipinski definition) is 4. The summed E-state index contributed by atoms with van der Waals surface area (Å²) < 4.78 is 8.27. The molecule has 2 heterocycles. The number of ether oxygens (including phenoxy) is 1. The van der Waals surface area contributed by atoms with Gasteiger partial charge in [-0.1, -0.05) is 0 Å². The second-order valence-corrected chi connectivity index (χ2v) is 10.2. The first kappa shape index (κ1) is 13.8. The van der Waals surface area contributed by atoms with Gasteiger partial charge in [0.1, 0.15) is 23.2 Å². The molecule has 0 atom stereocenters. The number of aromatic nitrogens is 4. The van der Waals surface area contributed by atoms with Gasteiger partial charge in [-0.2, -0.15) is 0 Å². The maximum absolute atomic E-state index is 5.67. The number of hydrogen-bond donors (Lipinski definition) is 0. The highest BCUT2D eigenvalue weighted by atomic mass is 79.9. The van der Waals surface area contributed by atoms with Gasteiger partial charge in [0.2, 0.25) is 0 Å². The zero-order chi connectivity index (χ0) is 13.2. The highest BCUT2D eigenvalue weighted by molar-refractivity contribution is 9.10.